The first-order chi connectivity index (χ1) is 6.77. The van der Waals surface area contributed by atoms with E-state index >= 15 is 0 Å². The van der Waals surface area contributed by atoms with Gasteiger partial charge in [-0.2, -0.15) is 0 Å². The summed E-state index contributed by atoms with van der Waals surface area (Å²) in [6.45, 7) is 0. The zero-order valence-electron chi connectivity index (χ0n) is 7.09. The van der Waals surface area contributed by atoms with Gasteiger partial charge in [-0.1, -0.05) is 28.2 Å². The van der Waals surface area contributed by atoms with Crippen LogP contribution in [0.15, 0.2) is 29.6 Å². The minimum Gasteiger partial charge on any atom is -0.382 e. The Balaban J connectivity index is 2.32. The van der Waals surface area contributed by atoms with Crippen LogP contribution in [0.5, 0.6) is 0 Å². The van der Waals surface area contributed by atoms with Gasteiger partial charge in [0.15, 0.2) is 0 Å². The summed E-state index contributed by atoms with van der Waals surface area (Å²) in [7, 11) is 0. The molecule has 0 radical (unpaired) electrons. The van der Waals surface area contributed by atoms with Crippen molar-refractivity contribution in [2.45, 2.75) is 6.10 Å². The molecule has 3 nitrogen and oxygen atoms in total. The minimum atomic E-state index is -0.743. The van der Waals surface area contributed by atoms with E-state index in [1.54, 1.807) is 29.6 Å². The van der Waals surface area contributed by atoms with Gasteiger partial charge >= 0.3 is 0 Å². The lowest BCUT2D eigenvalue weighted by atomic mass is 10.1. The van der Waals surface area contributed by atoms with Crippen LogP contribution in [0.25, 0.3) is 0 Å². The van der Waals surface area contributed by atoms with Crippen LogP contribution in [0.4, 0.5) is 0 Å². The topological polar surface area (TPSA) is 46.0 Å². The minimum absolute atomic E-state index is 0.553. The smallest absolute Gasteiger partial charge is 0.124 e. The maximum Gasteiger partial charge on any atom is 0.124 e. The second kappa shape index (κ2) is 4.04. The van der Waals surface area contributed by atoms with Gasteiger partial charge in [0, 0.05) is 10.4 Å². The van der Waals surface area contributed by atoms with E-state index in [2.05, 4.69) is 9.59 Å². The number of nitrogens with zero attached hydrogens (tertiary/aromatic N) is 2. The highest BCUT2D eigenvalue weighted by molar-refractivity contribution is 7.03. The van der Waals surface area contributed by atoms with Crippen molar-refractivity contribution in [3.8, 4) is 0 Å². The van der Waals surface area contributed by atoms with Crippen LogP contribution in [0.2, 0.25) is 5.02 Å². The van der Waals surface area contributed by atoms with Gasteiger partial charge in [-0.3, -0.25) is 0 Å². The maximum atomic E-state index is 9.85. The van der Waals surface area contributed by atoms with Gasteiger partial charge in [0.1, 0.15) is 11.8 Å². The zero-order chi connectivity index (χ0) is 9.97. The molecule has 0 amide bonds. The summed E-state index contributed by atoms with van der Waals surface area (Å²) >= 11 is 7.02. The van der Waals surface area contributed by atoms with Crippen LogP contribution >= 0.6 is 23.1 Å². The molecule has 72 valence electrons. The van der Waals surface area contributed by atoms with Crippen molar-refractivity contribution in [1.82, 2.24) is 9.59 Å². The van der Waals surface area contributed by atoms with Gasteiger partial charge in [-0.05, 0) is 29.2 Å². The lowest BCUT2D eigenvalue weighted by Gasteiger charge is -2.07. The van der Waals surface area contributed by atoms with E-state index in [4.69, 9.17) is 11.6 Å². The van der Waals surface area contributed by atoms with Crippen molar-refractivity contribution in [3.05, 3.63) is 45.9 Å². The molecule has 5 heteroatoms. The van der Waals surface area contributed by atoms with Crippen LogP contribution in [0.3, 0.4) is 0 Å². The average Bonchev–Trinajstić information content (AvgIpc) is 2.69. The van der Waals surface area contributed by atoms with Gasteiger partial charge in [0.05, 0.1) is 0 Å². The number of benzene rings is 1. The Labute approximate surface area is 90.1 Å². The molecule has 1 N–H and O–H groups in total. The third-order valence-electron chi connectivity index (χ3n) is 1.82. The van der Waals surface area contributed by atoms with Crippen LogP contribution in [-0.4, -0.2) is 14.7 Å². The quantitative estimate of drug-likeness (QED) is 0.855. The Morgan fingerprint density at radius 3 is 2.93 bits per heavy atom. The molecule has 0 aliphatic heterocycles. The predicted octanol–water partition coefficient (Wildman–Crippen LogP) is 2.27. The van der Waals surface area contributed by atoms with E-state index in [1.807, 2.05) is 0 Å². The molecule has 1 atom stereocenters. The number of aromatic nitrogens is 2. The molecule has 1 aromatic carbocycles. The van der Waals surface area contributed by atoms with E-state index in [1.165, 1.54) is 11.5 Å². The fraction of sp³-hybridized carbons (Fsp3) is 0.111. The Morgan fingerprint density at radius 2 is 2.29 bits per heavy atom. The van der Waals surface area contributed by atoms with Crippen LogP contribution in [0, 0.1) is 0 Å². The van der Waals surface area contributed by atoms with E-state index in [9.17, 15) is 5.11 Å². The lowest BCUT2D eigenvalue weighted by Crippen LogP contribution is -1.99. The second-order valence-electron chi connectivity index (χ2n) is 2.79. The second-order valence-corrected chi connectivity index (χ2v) is 3.83. The number of rotatable bonds is 2. The van der Waals surface area contributed by atoms with Crippen molar-refractivity contribution >= 4 is 23.1 Å². The summed E-state index contributed by atoms with van der Waals surface area (Å²) in [6.07, 6.45) is -0.743. The summed E-state index contributed by atoms with van der Waals surface area (Å²) in [4.78, 5) is 0. The van der Waals surface area contributed by atoms with Crippen molar-refractivity contribution in [2.75, 3.05) is 0 Å². The van der Waals surface area contributed by atoms with Crippen molar-refractivity contribution in [2.24, 2.45) is 0 Å². The fourth-order valence-corrected chi connectivity index (χ4v) is 1.81. The van der Waals surface area contributed by atoms with Gasteiger partial charge in [0.25, 0.3) is 0 Å². The molecule has 1 aromatic heterocycles. The summed E-state index contributed by atoms with van der Waals surface area (Å²) in [5, 5.41) is 16.0. The summed E-state index contributed by atoms with van der Waals surface area (Å²) in [5.41, 5.74) is 1.28. The molecule has 14 heavy (non-hydrogen) atoms. The standard InChI is InChI=1S/C9H7ClN2OS/c10-7-3-1-2-6(4-7)9(13)8-5-14-12-11-8/h1-5,9,13H. The largest absolute Gasteiger partial charge is 0.382 e. The Hall–Kier alpha value is -0.970. The number of aliphatic hydroxyl groups excluding tert-OH is 1. The first kappa shape index (κ1) is 9.58. The Morgan fingerprint density at radius 1 is 1.43 bits per heavy atom. The van der Waals surface area contributed by atoms with E-state index in [0.717, 1.165) is 5.56 Å². The molecular weight excluding hydrogens is 220 g/mol. The Bertz CT molecular complexity index is 419. The maximum absolute atomic E-state index is 9.85. The summed E-state index contributed by atoms with van der Waals surface area (Å²) in [5.74, 6) is 0. The number of hydrogen-bond donors (Lipinski definition) is 1. The third kappa shape index (κ3) is 1.92. The number of hydrogen-bond acceptors (Lipinski definition) is 4. The number of aliphatic hydroxyl groups is 1. The van der Waals surface area contributed by atoms with Gasteiger partial charge in [-0.25, -0.2) is 0 Å². The summed E-state index contributed by atoms with van der Waals surface area (Å²) < 4.78 is 3.69. The molecule has 0 aliphatic rings. The zero-order valence-corrected chi connectivity index (χ0v) is 8.66. The van der Waals surface area contributed by atoms with E-state index < -0.39 is 6.10 Å². The van der Waals surface area contributed by atoms with Gasteiger partial charge in [-0.15, -0.1) is 5.10 Å². The molecule has 2 rings (SSSR count). The molecular formula is C9H7ClN2OS. The van der Waals surface area contributed by atoms with Gasteiger partial charge in [0.2, 0.25) is 0 Å². The molecule has 2 aromatic rings. The fourth-order valence-electron chi connectivity index (χ4n) is 1.14. The average molecular weight is 227 g/mol. The highest BCUT2D eigenvalue weighted by Gasteiger charge is 2.12. The van der Waals surface area contributed by atoms with E-state index in [0.29, 0.717) is 10.7 Å². The predicted molar refractivity (Wildman–Crippen MR) is 55.4 cm³/mol. The van der Waals surface area contributed by atoms with Crippen LogP contribution in [0.1, 0.15) is 17.4 Å². The number of halogens is 1. The first-order valence-corrected chi connectivity index (χ1v) is 5.19. The molecule has 1 unspecified atom stereocenters. The molecule has 0 bridgehead atoms. The molecule has 0 spiro atoms. The van der Waals surface area contributed by atoms with Crippen molar-refractivity contribution in [1.29, 1.82) is 0 Å². The Kier molecular flexibility index (Phi) is 2.77. The molecule has 0 aliphatic carbocycles. The molecule has 0 fully saturated rings. The van der Waals surface area contributed by atoms with Crippen LogP contribution in [-0.2, 0) is 0 Å². The van der Waals surface area contributed by atoms with Crippen molar-refractivity contribution in [3.63, 3.8) is 0 Å². The highest BCUT2D eigenvalue weighted by Crippen LogP contribution is 2.22. The SMILES string of the molecule is OC(c1cccc(Cl)c1)c1csnn1. The normalized spacial score (nSPS) is 12.7. The van der Waals surface area contributed by atoms with Crippen molar-refractivity contribution < 1.29 is 5.11 Å². The monoisotopic (exact) mass is 226 g/mol. The first-order valence-electron chi connectivity index (χ1n) is 3.98. The van der Waals surface area contributed by atoms with Crippen LogP contribution < -0.4 is 0 Å². The van der Waals surface area contributed by atoms with Gasteiger partial charge < -0.3 is 5.11 Å². The third-order valence-corrected chi connectivity index (χ3v) is 2.58. The molecule has 1 heterocycles. The highest BCUT2D eigenvalue weighted by atomic mass is 35.5. The summed E-state index contributed by atoms with van der Waals surface area (Å²) in [6, 6.07) is 7.07. The molecule has 0 saturated carbocycles. The van der Waals surface area contributed by atoms with E-state index in [-0.39, 0.29) is 0 Å². The molecule has 0 saturated heterocycles. The lowest BCUT2D eigenvalue weighted by molar-refractivity contribution is 0.215.